The molecule has 0 fully saturated rings. The summed E-state index contributed by atoms with van der Waals surface area (Å²) < 4.78 is 0. The second-order valence-electron chi connectivity index (χ2n) is 1.83. The number of nitrogens with zero attached hydrogens (tertiary/aromatic N) is 2. The lowest BCUT2D eigenvalue weighted by molar-refractivity contribution is -0.385. The predicted molar refractivity (Wildman–Crippen MR) is 33.9 cm³/mol. The summed E-state index contributed by atoms with van der Waals surface area (Å²) in [4.78, 5) is 9.62. The van der Waals surface area contributed by atoms with Crippen molar-refractivity contribution in [1.29, 1.82) is 0 Å². The van der Waals surface area contributed by atoms with Gasteiger partial charge in [-0.15, -0.1) is 0 Å². The van der Waals surface area contributed by atoms with E-state index in [2.05, 4.69) is 10.2 Å². The molecule has 0 spiro atoms. The van der Waals surface area contributed by atoms with Gasteiger partial charge in [0.05, 0.1) is 11.5 Å². The summed E-state index contributed by atoms with van der Waals surface area (Å²) in [7, 11) is 0. The van der Waals surface area contributed by atoms with Gasteiger partial charge in [0.2, 0.25) is 0 Å². The van der Waals surface area contributed by atoms with Crippen molar-refractivity contribution in [3.8, 4) is 0 Å². The van der Waals surface area contributed by atoms with Crippen LogP contribution in [0.15, 0.2) is 6.20 Å². The van der Waals surface area contributed by atoms with Gasteiger partial charge in [0.1, 0.15) is 11.9 Å². The first-order chi connectivity index (χ1) is 5.25. The molecule has 7 nitrogen and oxygen atoms in total. The highest BCUT2D eigenvalue weighted by atomic mass is 16.6. The molecule has 7 heteroatoms. The molecule has 0 aliphatic carbocycles. The number of nitro groups is 1. The van der Waals surface area contributed by atoms with Crippen LogP contribution in [0.5, 0.6) is 0 Å². The van der Waals surface area contributed by atoms with Crippen LogP contribution in [-0.2, 0) is 6.54 Å². The molecule has 0 radical (unpaired) electrons. The Morgan fingerprint density at radius 2 is 2.64 bits per heavy atom. The summed E-state index contributed by atoms with van der Waals surface area (Å²) in [6, 6.07) is 0. The van der Waals surface area contributed by atoms with E-state index in [1.165, 1.54) is 0 Å². The highest BCUT2D eigenvalue weighted by Crippen LogP contribution is 2.13. The molecule has 1 heterocycles. The zero-order valence-corrected chi connectivity index (χ0v) is 5.44. The van der Waals surface area contributed by atoms with E-state index in [0.717, 1.165) is 6.20 Å². The van der Waals surface area contributed by atoms with E-state index < -0.39 is 4.92 Å². The lowest BCUT2D eigenvalue weighted by atomic mass is 10.4. The number of aromatic amines is 1. The van der Waals surface area contributed by atoms with Crippen LogP contribution in [0, 0.1) is 10.1 Å². The van der Waals surface area contributed by atoms with Gasteiger partial charge in [-0.3, -0.25) is 15.2 Å². The normalized spacial score (nSPS) is 9.91. The Morgan fingerprint density at radius 3 is 3.18 bits per heavy atom. The summed E-state index contributed by atoms with van der Waals surface area (Å²) >= 11 is 0. The smallest absolute Gasteiger partial charge is 0.311 e. The van der Waals surface area contributed by atoms with Crippen LogP contribution in [0.2, 0.25) is 0 Å². The molecule has 0 bridgehead atoms. The average Bonchev–Trinajstić information content (AvgIpc) is 2.36. The van der Waals surface area contributed by atoms with Gasteiger partial charge in [0.25, 0.3) is 0 Å². The highest BCUT2D eigenvalue weighted by Gasteiger charge is 2.14. The van der Waals surface area contributed by atoms with Gasteiger partial charge in [0, 0.05) is 0 Å². The van der Waals surface area contributed by atoms with E-state index in [1.54, 1.807) is 5.48 Å². The van der Waals surface area contributed by atoms with Gasteiger partial charge in [-0.05, 0) is 0 Å². The molecular weight excluding hydrogens is 152 g/mol. The third-order valence-corrected chi connectivity index (χ3v) is 1.15. The number of hydrogen-bond donors (Lipinski definition) is 3. The Morgan fingerprint density at radius 1 is 1.91 bits per heavy atom. The molecule has 0 unspecified atom stereocenters. The van der Waals surface area contributed by atoms with Crippen molar-refractivity contribution in [2.75, 3.05) is 0 Å². The maximum atomic E-state index is 10.2. The van der Waals surface area contributed by atoms with Crippen LogP contribution in [-0.4, -0.2) is 20.3 Å². The molecule has 1 aromatic rings. The largest absolute Gasteiger partial charge is 0.316 e. The molecule has 1 rings (SSSR count). The molecule has 3 N–H and O–H groups in total. The standard InChI is InChI=1S/C4H6N4O3/c9-6-1-3-4(8(10)11)2-5-7-3/h2,6,9H,1H2,(H,5,7). The fourth-order valence-electron chi connectivity index (χ4n) is 0.673. The minimum Gasteiger partial charge on any atom is -0.316 e. The van der Waals surface area contributed by atoms with Crippen molar-refractivity contribution in [1.82, 2.24) is 15.7 Å². The molecule has 1 aromatic heterocycles. The van der Waals surface area contributed by atoms with Crippen LogP contribution in [0.4, 0.5) is 5.69 Å². The molecule has 60 valence electrons. The van der Waals surface area contributed by atoms with Crippen LogP contribution in [0.25, 0.3) is 0 Å². The van der Waals surface area contributed by atoms with Crippen molar-refractivity contribution >= 4 is 5.69 Å². The summed E-state index contributed by atoms with van der Waals surface area (Å²) in [5.74, 6) is 0. The number of H-pyrrole nitrogens is 1. The average molecular weight is 158 g/mol. The zero-order valence-electron chi connectivity index (χ0n) is 5.44. The Kier molecular flexibility index (Phi) is 2.14. The van der Waals surface area contributed by atoms with Crippen molar-refractivity contribution in [2.24, 2.45) is 0 Å². The number of hydrogen-bond acceptors (Lipinski definition) is 5. The van der Waals surface area contributed by atoms with Crippen molar-refractivity contribution < 1.29 is 10.1 Å². The van der Waals surface area contributed by atoms with Crippen LogP contribution in [0.3, 0.4) is 0 Å². The summed E-state index contributed by atoms with van der Waals surface area (Å²) in [5.41, 5.74) is 1.90. The Hall–Kier alpha value is -1.47. The highest BCUT2D eigenvalue weighted by molar-refractivity contribution is 5.31. The molecule has 0 amide bonds. The lowest BCUT2D eigenvalue weighted by Gasteiger charge is -1.92. The number of hydroxylamine groups is 1. The fourth-order valence-corrected chi connectivity index (χ4v) is 0.673. The molecular formula is C4H6N4O3. The Bertz CT molecular complexity index is 258. The van der Waals surface area contributed by atoms with Crippen molar-refractivity contribution in [3.63, 3.8) is 0 Å². The van der Waals surface area contributed by atoms with Crippen molar-refractivity contribution in [3.05, 3.63) is 22.0 Å². The number of aromatic nitrogens is 2. The van der Waals surface area contributed by atoms with E-state index in [-0.39, 0.29) is 17.9 Å². The van der Waals surface area contributed by atoms with Gasteiger partial charge in [0.15, 0.2) is 0 Å². The third-order valence-electron chi connectivity index (χ3n) is 1.15. The van der Waals surface area contributed by atoms with Gasteiger partial charge in [-0.2, -0.15) is 10.6 Å². The quantitative estimate of drug-likeness (QED) is 0.417. The molecule has 0 atom stereocenters. The minimum atomic E-state index is -0.573. The monoisotopic (exact) mass is 158 g/mol. The Balaban J connectivity index is 2.87. The first-order valence-corrected chi connectivity index (χ1v) is 2.79. The maximum Gasteiger partial charge on any atom is 0.311 e. The molecule has 0 saturated heterocycles. The first-order valence-electron chi connectivity index (χ1n) is 2.79. The fraction of sp³-hybridized carbons (Fsp3) is 0.250. The van der Waals surface area contributed by atoms with Crippen LogP contribution in [0.1, 0.15) is 5.69 Å². The van der Waals surface area contributed by atoms with Crippen molar-refractivity contribution in [2.45, 2.75) is 6.54 Å². The molecule has 0 aliphatic heterocycles. The molecule has 11 heavy (non-hydrogen) atoms. The second-order valence-corrected chi connectivity index (χ2v) is 1.83. The van der Waals surface area contributed by atoms with E-state index in [0.29, 0.717) is 0 Å². The summed E-state index contributed by atoms with van der Waals surface area (Å²) in [6.45, 7) is -0.0175. The third kappa shape index (κ3) is 1.51. The van der Waals surface area contributed by atoms with Crippen LogP contribution < -0.4 is 5.48 Å². The van der Waals surface area contributed by atoms with E-state index in [1.807, 2.05) is 0 Å². The second kappa shape index (κ2) is 3.08. The number of rotatable bonds is 3. The van der Waals surface area contributed by atoms with Gasteiger partial charge >= 0.3 is 5.69 Å². The van der Waals surface area contributed by atoms with Gasteiger partial charge < -0.3 is 5.21 Å². The van der Waals surface area contributed by atoms with E-state index >= 15 is 0 Å². The van der Waals surface area contributed by atoms with Gasteiger partial charge in [-0.25, -0.2) is 0 Å². The van der Waals surface area contributed by atoms with E-state index in [4.69, 9.17) is 5.21 Å². The van der Waals surface area contributed by atoms with E-state index in [9.17, 15) is 10.1 Å². The summed E-state index contributed by atoms with van der Waals surface area (Å²) in [5, 5.41) is 24.2. The topological polar surface area (TPSA) is 104 Å². The lowest BCUT2D eigenvalue weighted by Crippen LogP contribution is -2.08. The zero-order chi connectivity index (χ0) is 8.27. The first kappa shape index (κ1) is 7.63. The summed E-state index contributed by atoms with van der Waals surface area (Å²) in [6.07, 6.45) is 1.09. The molecule has 0 aromatic carbocycles. The molecule has 0 saturated carbocycles. The SMILES string of the molecule is O=[N+]([O-])c1cn[nH]c1CNO. The maximum absolute atomic E-state index is 10.2. The minimum absolute atomic E-state index is 0.0175. The van der Waals surface area contributed by atoms with Crippen LogP contribution >= 0.6 is 0 Å². The predicted octanol–water partition coefficient (Wildman–Crippen LogP) is -0.203. The van der Waals surface area contributed by atoms with Gasteiger partial charge in [-0.1, -0.05) is 0 Å². The number of nitrogens with one attached hydrogen (secondary N) is 2. The molecule has 0 aliphatic rings. The Labute approximate surface area is 61.1 Å².